The van der Waals surface area contributed by atoms with Crippen molar-refractivity contribution in [2.24, 2.45) is 5.92 Å². The molecule has 0 rings (SSSR count). The molecule has 0 aliphatic heterocycles. The first-order chi connectivity index (χ1) is 5.52. The minimum Gasteiger partial charge on any atom is -0.283 e. The van der Waals surface area contributed by atoms with Crippen molar-refractivity contribution in [3.05, 3.63) is 0 Å². The van der Waals surface area contributed by atoms with E-state index >= 15 is 0 Å². The maximum absolute atomic E-state index is 10.5. The van der Waals surface area contributed by atoms with Crippen LogP contribution in [-0.2, 0) is 30.5 Å². The molecule has 0 heterocycles. The molecular formula is C5H12O5S2. The summed E-state index contributed by atoms with van der Waals surface area (Å²) >= 11 is -4.65. The largest absolute Gasteiger partial charge is 0.320 e. The van der Waals surface area contributed by atoms with E-state index in [-0.39, 0.29) is 6.61 Å². The summed E-state index contributed by atoms with van der Waals surface area (Å²) in [6.07, 6.45) is 0.729. The smallest absolute Gasteiger partial charge is 0.283 e. The summed E-state index contributed by atoms with van der Waals surface area (Å²) < 4.78 is 37.0. The molecule has 74 valence electrons. The van der Waals surface area contributed by atoms with Gasteiger partial charge in [-0.3, -0.25) is 8.74 Å². The highest BCUT2D eigenvalue weighted by molar-refractivity contribution is 7.88. The molecule has 0 aromatic heterocycles. The van der Waals surface area contributed by atoms with E-state index in [4.69, 9.17) is 4.55 Å². The van der Waals surface area contributed by atoms with Crippen molar-refractivity contribution >= 4 is 22.7 Å². The van der Waals surface area contributed by atoms with Gasteiger partial charge in [0, 0.05) is 0 Å². The molecule has 0 aromatic carbocycles. The summed E-state index contributed by atoms with van der Waals surface area (Å²) in [5, 5.41) is 0. The van der Waals surface area contributed by atoms with Crippen LogP contribution in [-0.4, -0.2) is 19.6 Å². The molecule has 7 heteroatoms. The van der Waals surface area contributed by atoms with Gasteiger partial charge in [0.2, 0.25) is 0 Å². The van der Waals surface area contributed by atoms with E-state index in [0.29, 0.717) is 5.92 Å². The summed E-state index contributed by atoms with van der Waals surface area (Å²) in [6.45, 7) is 4.22. The van der Waals surface area contributed by atoms with Gasteiger partial charge in [0.15, 0.2) is 0 Å². The van der Waals surface area contributed by atoms with Crippen molar-refractivity contribution in [2.45, 2.75) is 20.3 Å². The molecule has 12 heavy (non-hydrogen) atoms. The number of hydrogen-bond donors (Lipinski definition) is 1. The van der Waals surface area contributed by atoms with Gasteiger partial charge in [0.25, 0.3) is 0 Å². The van der Waals surface area contributed by atoms with Gasteiger partial charge in [0.1, 0.15) is 0 Å². The van der Waals surface area contributed by atoms with E-state index in [1.54, 1.807) is 0 Å². The minimum absolute atomic E-state index is 0.251. The first-order valence-electron chi connectivity index (χ1n) is 3.37. The molecule has 2 atom stereocenters. The molecule has 2 unspecified atom stereocenters. The van der Waals surface area contributed by atoms with Gasteiger partial charge in [-0.15, -0.1) is 3.63 Å². The Bertz CT molecular complexity index is 169. The minimum atomic E-state index is -2.53. The highest BCUT2D eigenvalue weighted by Crippen LogP contribution is 2.01. The zero-order valence-electron chi connectivity index (χ0n) is 6.89. The molecule has 0 aromatic rings. The van der Waals surface area contributed by atoms with Crippen LogP contribution in [0.2, 0.25) is 0 Å². The third kappa shape index (κ3) is 8.28. The van der Waals surface area contributed by atoms with Gasteiger partial charge in [-0.1, -0.05) is 13.8 Å². The highest BCUT2D eigenvalue weighted by Gasteiger charge is 2.05. The fourth-order valence-corrected chi connectivity index (χ4v) is 1.19. The lowest BCUT2D eigenvalue weighted by molar-refractivity contribution is 0.286. The Kier molecular flexibility index (Phi) is 6.77. The Morgan fingerprint density at radius 1 is 1.42 bits per heavy atom. The maximum atomic E-state index is 10.5. The summed E-state index contributed by atoms with van der Waals surface area (Å²) in [5.74, 6) is 0.432. The Morgan fingerprint density at radius 2 is 2.00 bits per heavy atom. The predicted molar refractivity (Wildman–Crippen MR) is 45.4 cm³/mol. The van der Waals surface area contributed by atoms with Crippen molar-refractivity contribution in [1.29, 1.82) is 0 Å². The normalized spacial score (nSPS) is 16.3. The van der Waals surface area contributed by atoms with E-state index in [2.05, 4.69) is 7.81 Å². The van der Waals surface area contributed by atoms with Crippen LogP contribution in [0.3, 0.4) is 0 Å². The molecular weight excluding hydrogens is 204 g/mol. The van der Waals surface area contributed by atoms with Crippen LogP contribution in [0, 0.1) is 5.92 Å². The summed E-state index contributed by atoms with van der Waals surface area (Å²) in [7, 11) is 0. The monoisotopic (exact) mass is 216 g/mol. The summed E-state index contributed by atoms with van der Waals surface area (Å²) in [6, 6.07) is 0. The molecule has 0 saturated carbocycles. The van der Waals surface area contributed by atoms with E-state index in [1.165, 1.54) is 0 Å². The Balaban J connectivity index is 3.38. The summed E-state index contributed by atoms with van der Waals surface area (Å²) in [4.78, 5) is 0. The van der Waals surface area contributed by atoms with Crippen molar-refractivity contribution in [3.63, 3.8) is 0 Å². The van der Waals surface area contributed by atoms with Crippen molar-refractivity contribution < 1.29 is 20.8 Å². The molecule has 5 nitrogen and oxygen atoms in total. The topological polar surface area (TPSA) is 72.8 Å². The molecule has 0 amide bonds. The van der Waals surface area contributed by atoms with E-state index in [9.17, 15) is 8.42 Å². The van der Waals surface area contributed by atoms with Crippen LogP contribution in [0.4, 0.5) is 0 Å². The second kappa shape index (κ2) is 6.67. The Hall–Kier alpha value is 0.180. The third-order valence-corrected chi connectivity index (χ3v) is 2.26. The first-order valence-corrected chi connectivity index (χ1v) is 5.40. The second-order valence-electron chi connectivity index (χ2n) is 2.49. The summed E-state index contributed by atoms with van der Waals surface area (Å²) in [5.41, 5.74) is 0. The fraction of sp³-hybridized carbons (Fsp3) is 1.00. The SMILES string of the molecule is CC(C)CCOS(=O)OS(=O)O. The number of hydrogen-bond acceptors (Lipinski definition) is 4. The lowest BCUT2D eigenvalue weighted by Crippen LogP contribution is -2.06. The molecule has 0 bridgehead atoms. The van der Waals surface area contributed by atoms with E-state index in [1.807, 2.05) is 13.8 Å². The van der Waals surface area contributed by atoms with Crippen LogP contribution in [0.1, 0.15) is 20.3 Å². The van der Waals surface area contributed by atoms with Gasteiger partial charge in [-0.25, -0.2) is 0 Å². The van der Waals surface area contributed by atoms with Crippen LogP contribution in [0.5, 0.6) is 0 Å². The molecule has 0 saturated heterocycles. The molecule has 0 fully saturated rings. The van der Waals surface area contributed by atoms with Crippen LogP contribution in [0.25, 0.3) is 0 Å². The standard InChI is InChI=1S/C5H12O5S2/c1-5(2)3-4-9-12(8)10-11(6)7/h5H,3-4H2,1-2H3,(H,6,7). The Morgan fingerprint density at radius 3 is 2.42 bits per heavy atom. The number of rotatable bonds is 6. The van der Waals surface area contributed by atoms with Gasteiger partial charge in [-0.2, -0.15) is 8.42 Å². The van der Waals surface area contributed by atoms with E-state index in [0.717, 1.165) is 6.42 Å². The van der Waals surface area contributed by atoms with Crippen molar-refractivity contribution in [3.8, 4) is 0 Å². The fourth-order valence-electron chi connectivity index (χ4n) is 0.419. The molecule has 1 N–H and O–H groups in total. The maximum Gasteiger partial charge on any atom is 0.320 e. The van der Waals surface area contributed by atoms with Gasteiger partial charge >= 0.3 is 22.7 Å². The van der Waals surface area contributed by atoms with Gasteiger partial charge in [-0.05, 0) is 12.3 Å². The zero-order chi connectivity index (χ0) is 9.56. The average Bonchev–Trinajstić information content (AvgIpc) is 1.84. The molecule has 0 aliphatic rings. The quantitative estimate of drug-likeness (QED) is 0.664. The van der Waals surface area contributed by atoms with Gasteiger partial charge in [0.05, 0.1) is 6.61 Å². The first kappa shape index (κ1) is 12.2. The van der Waals surface area contributed by atoms with Crippen LogP contribution in [0.15, 0.2) is 0 Å². The average molecular weight is 216 g/mol. The van der Waals surface area contributed by atoms with Crippen LogP contribution >= 0.6 is 0 Å². The van der Waals surface area contributed by atoms with E-state index < -0.39 is 22.7 Å². The third-order valence-electron chi connectivity index (χ3n) is 0.989. The second-order valence-corrected chi connectivity index (χ2v) is 4.12. The van der Waals surface area contributed by atoms with Crippen molar-refractivity contribution in [1.82, 2.24) is 0 Å². The lowest BCUT2D eigenvalue weighted by Gasteiger charge is -2.02. The Labute approximate surface area is 76.8 Å². The predicted octanol–water partition coefficient (Wildman–Crippen LogP) is 0.781. The highest BCUT2D eigenvalue weighted by atomic mass is 32.3. The molecule has 0 radical (unpaired) electrons. The van der Waals surface area contributed by atoms with Crippen LogP contribution < -0.4 is 0 Å². The van der Waals surface area contributed by atoms with Gasteiger partial charge < -0.3 is 0 Å². The zero-order valence-corrected chi connectivity index (χ0v) is 8.52. The van der Waals surface area contributed by atoms with Crippen molar-refractivity contribution in [2.75, 3.05) is 6.61 Å². The molecule has 0 spiro atoms. The lowest BCUT2D eigenvalue weighted by atomic mass is 10.2. The molecule has 0 aliphatic carbocycles.